The molecule has 0 aliphatic rings. The quantitative estimate of drug-likeness (QED) is 0.0627. The summed E-state index contributed by atoms with van der Waals surface area (Å²) in [7, 11) is -3.31. The zero-order chi connectivity index (χ0) is 31.9. The molecule has 0 saturated heterocycles. The van der Waals surface area contributed by atoms with E-state index in [9.17, 15) is 43.9 Å². The maximum absolute atomic E-state index is 15.5. The molecule has 0 atom stereocenters. The van der Waals surface area contributed by atoms with Gasteiger partial charge in [0.15, 0.2) is 69.7 Å². The van der Waals surface area contributed by atoms with Crippen LogP contribution in [0.4, 0.5) is 57.1 Å². The Hall–Kier alpha value is -4.89. The largest absolute Gasteiger partial charge is 0.639 e. The number of rotatable bonds is 5. The van der Waals surface area contributed by atoms with Gasteiger partial charge >= 0.3 is 7.12 Å². The van der Waals surface area contributed by atoms with Crippen molar-refractivity contribution < 1.29 is 66.4 Å². The Balaban J connectivity index is 1.69. The van der Waals surface area contributed by atoms with E-state index in [2.05, 4.69) is 4.65 Å². The highest BCUT2D eigenvalue weighted by Crippen LogP contribution is 2.45. The fourth-order valence-electron chi connectivity index (χ4n) is 4.84. The lowest BCUT2D eigenvalue weighted by molar-refractivity contribution is 0.359. The first-order chi connectivity index (χ1) is 20.8. The van der Waals surface area contributed by atoms with Crippen molar-refractivity contribution >= 4 is 44.9 Å². The Kier molecular flexibility index (Phi) is 6.70. The zero-order valence-corrected chi connectivity index (χ0v) is 20.8. The summed E-state index contributed by atoms with van der Waals surface area (Å²) < 4.78 is 199. The Morgan fingerprint density at radius 2 is 0.864 bits per heavy atom. The van der Waals surface area contributed by atoms with Gasteiger partial charge in [0.05, 0.1) is 16.2 Å². The van der Waals surface area contributed by atoms with Crippen LogP contribution in [0.5, 0.6) is 11.5 Å². The normalized spacial score (nSPS) is 11.8. The van der Waals surface area contributed by atoms with Gasteiger partial charge in [-0.15, -0.1) is 0 Å². The first kappa shape index (κ1) is 29.2. The van der Waals surface area contributed by atoms with Crippen LogP contribution in [-0.2, 0) is 0 Å². The van der Waals surface area contributed by atoms with E-state index in [0.29, 0.717) is 0 Å². The summed E-state index contributed by atoms with van der Waals surface area (Å²) >= 11 is 0. The highest BCUT2D eigenvalue weighted by Gasteiger charge is 2.42. The summed E-state index contributed by atoms with van der Waals surface area (Å²) in [4.78, 5) is 0. The second-order valence-electron chi connectivity index (χ2n) is 9.19. The predicted octanol–water partition coefficient (Wildman–Crippen LogP) is 8.25. The van der Waals surface area contributed by atoms with Crippen molar-refractivity contribution in [3.8, 4) is 11.5 Å². The molecule has 0 spiro atoms. The molecular formula is C28H6BF13O2. The van der Waals surface area contributed by atoms with Crippen molar-refractivity contribution in [2.45, 2.75) is 0 Å². The number of hydrogen-bond donors (Lipinski definition) is 0. The van der Waals surface area contributed by atoms with Gasteiger partial charge in [0.25, 0.3) is 0 Å². The maximum Gasteiger partial charge on any atom is 0.639 e. The SMILES string of the molecule is Fc1ccc(F)c(OB(Oc2c(F)c(F)c3c(F)c(F)c4c(F)ccc5ccc2c3c54)c2c(F)c(F)c(F)c(F)c2F)c1F. The van der Waals surface area contributed by atoms with Crippen molar-refractivity contribution in [3.63, 3.8) is 0 Å². The molecule has 2 nitrogen and oxygen atoms in total. The molecule has 0 radical (unpaired) electrons. The minimum Gasteiger partial charge on any atom is -0.519 e. The molecule has 224 valence electrons. The van der Waals surface area contributed by atoms with Crippen molar-refractivity contribution in [2.75, 3.05) is 0 Å². The van der Waals surface area contributed by atoms with Gasteiger partial charge in [0.1, 0.15) is 11.6 Å². The molecule has 0 fully saturated rings. The van der Waals surface area contributed by atoms with Crippen LogP contribution >= 0.6 is 0 Å². The van der Waals surface area contributed by atoms with Crippen molar-refractivity contribution in [2.24, 2.45) is 0 Å². The van der Waals surface area contributed by atoms with Crippen molar-refractivity contribution in [1.29, 1.82) is 0 Å². The molecule has 6 aromatic rings. The Morgan fingerprint density at radius 3 is 1.52 bits per heavy atom. The van der Waals surface area contributed by atoms with E-state index in [0.717, 1.165) is 24.3 Å². The second-order valence-corrected chi connectivity index (χ2v) is 9.19. The summed E-state index contributed by atoms with van der Waals surface area (Å²) in [6.07, 6.45) is 0. The van der Waals surface area contributed by atoms with Gasteiger partial charge in [-0.1, -0.05) is 12.1 Å². The van der Waals surface area contributed by atoms with Gasteiger partial charge in [-0.25, -0.2) is 48.3 Å². The fraction of sp³-hybridized carbons (Fsp3) is 0. The van der Waals surface area contributed by atoms with Crippen molar-refractivity contribution in [1.82, 2.24) is 0 Å². The van der Waals surface area contributed by atoms with Gasteiger partial charge in [0, 0.05) is 16.2 Å². The molecule has 0 bridgehead atoms. The van der Waals surface area contributed by atoms with Crippen LogP contribution in [0.1, 0.15) is 0 Å². The topological polar surface area (TPSA) is 18.5 Å². The molecule has 16 heteroatoms. The van der Waals surface area contributed by atoms with Crippen LogP contribution in [0.25, 0.3) is 32.3 Å². The number of benzene rings is 6. The Bertz CT molecular complexity index is 2160. The first-order valence-electron chi connectivity index (χ1n) is 11.9. The van der Waals surface area contributed by atoms with Gasteiger partial charge in [0.2, 0.25) is 5.82 Å². The third kappa shape index (κ3) is 3.99. The molecule has 0 aliphatic heterocycles. The predicted molar refractivity (Wildman–Crippen MR) is 129 cm³/mol. The molecule has 0 aromatic heterocycles. The summed E-state index contributed by atoms with van der Waals surface area (Å²) in [6.45, 7) is 0. The Morgan fingerprint density at radius 1 is 0.364 bits per heavy atom. The molecule has 0 heterocycles. The maximum atomic E-state index is 15.5. The smallest absolute Gasteiger partial charge is 0.519 e. The number of halogens is 13. The van der Waals surface area contributed by atoms with E-state index in [-0.39, 0.29) is 17.5 Å². The van der Waals surface area contributed by atoms with E-state index < -0.39 is 127 Å². The molecule has 0 amide bonds. The van der Waals surface area contributed by atoms with E-state index in [1.54, 1.807) is 0 Å². The van der Waals surface area contributed by atoms with E-state index >= 15 is 13.2 Å². The summed E-state index contributed by atoms with van der Waals surface area (Å²) in [5.41, 5.74) is -2.14. The minimum absolute atomic E-state index is 0.0637. The minimum atomic E-state index is -3.31. The molecule has 0 N–H and O–H groups in total. The van der Waals surface area contributed by atoms with Gasteiger partial charge in [-0.05, 0) is 29.7 Å². The second kappa shape index (κ2) is 10.1. The standard InChI is InChI=1S/C28H6BF13O2/c30-9-4-2-7-1-3-8-13-12(7)14(9)18(34)19(35)15(13)20(36)26(42)27(8)43-29(44-28-11(32)6-5-10(31)17(28)33)16-21(37)23(39)25(41)24(40)22(16)38/h1-6H. The van der Waals surface area contributed by atoms with E-state index in [1.807, 2.05) is 0 Å². The summed E-state index contributed by atoms with van der Waals surface area (Å²) in [5, 5.41) is -4.61. The first-order valence-corrected chi connectivity index (χ1v) is 11.9. The van der Waals surface area contributed by atoms with Gasteiger partial charge in [-0.3, -0.25) is 0 Å². The Labute approximate surface area is 235 Å². The molecule has 0 aliphatic carbocycles. The molecular weight excluding hydrogens is 626 g/mol. The fourth-order valence-corrected chi connectivity index (χ4v) is 4.84. The lowest BCUT2D eigenvalue weighted by Crippen LogP contribution is -2.48. The lowest BCUT2D eigenvalue weighted by Gasteiger charge is -2.22. The number of hydrogen-bond acceptors (Lipinski definition) is 2. The van der Waals surface area contributed by atoms with Gasteiger partial charge in [-0.2, -0.15) is 8.78 Å². The van der Waals surface area contributed by atoms with Crippen LogP contribution in [0.2, 0.25) is 0 Å². The van der Waals surface area contributed by atoms with Crippen LogP contribution in [0, 0.1) is 75.6 Å². The van der Waals surface area contributed by atoms with Gasteiger partial charge < -0.3 is 9.31 Å². The molecule has 44 heavy (non-hydrogen) atoms. The van der Waals surface area contributed by atoms with Crippen molar-refractivity contribution in [3.05, 3.63) is 112 Å². The highest BCUT2D eigenvalue weighted by molar-refractivity contribution is 6.63. The average molecular weight is 632 g/mol. The lowest BCUT2D eigenvalue weighted by atomic mass is 9.77. The van der Waals surface area contributed by atoms with Crippen LogP contribution in [0.3, 0.4) is 0 Å². The van der Waals surface area contributed by atoms with Crippen LogP contribution < -0.4 is 14.8 Å². The monoisotopic (exact) mass is 632 g/mol. The highest BCUT2D eigenvalue weighted by atomic mass is 19.2. The molecule has 0 unspecified atom stereocenters. The van der Waals surface area contributed by atoms with Crippen LogP contribution in [0.15, 0.2) is 36.4 Å². The van der Waals surface area contributed by atoms with E-state index in [1.165, 1.54) is 0 Å². The molecule has 6 aromatic carbocycles. The van der Waals surface area contributed by atoms with E-state index in [4.69, 9.17) is 4.65 Å². The third-order valence-corrected chi connectivity index (χ3v) is 6.80. The zero-order valence-electron chi connectivity index (χ0n) is 20.8. The molecule has 0 saturated carbocycles. The summed E-state index contributed by atoms with van der Waals surface area (Å²) in [5.74, 6) is -32.5. The summed E-state index contributed by atoms with van der Waals surface area (Å²) in [6, 6.07) is 4.11. The van der Waals surface area contributed by atoms with Crippen LogP contribution in [-0.4, -0.2) is 7.12 Å². The third-order valence-electron chi connectivity index (χ3n) is 6.80. The average Bonchev–Trinajstić information content (AvgIpc) is 3.00. The molecule has 6 rings (SSSR count).